The van der Waals surface area contributed by atoms with Crippen LogP contribution in [0.4, 0.5) is 0 Å². The molecule has 0 aliphatic rings. The number of hydrogen-bond donors (Lipinski definition) is 1. The number of thiol groups is 1. The maximum Gasteiger partial charge on any atom is 0.00210 e. The van der Waals surface area contributed by atoms with E-state index in [2.05, 4.69) is 31.3 Å². The Bertz CT molecular complexity index is 163. The zero-order valence-corrected chi connectivity index (χ0v) is 17.0. The molecule has 0 atom stereocenters. The van der Waals surface area contributed by atoms with Crippen LogP contribution in [-0.2, 0) is 0 Å². The third-order valence-corrected chi connectivity index (χ3v) is 5.97. The van der Waals surface area contributed by atoms with Crippen molar-refractivity contribution in [3.63, 3.8) is 0 Å². The van der Waals surface area contributed by atoms with Gasteiger partial charge in [-0.15, -0.1) is 0 Å². The van der Waals surface area contributed by atoms with Gasteiger partial charge in [0, 0.05) is 5.75 Å². The molecule has 0 N–H and O–H groups in total. The van der Waals surface area contributed by atoms with Gasteiger partial charge in [-0.2, -0.15) is 24.4 Å². The van der Waals surface area contributed by atoms with Crippen LogP contribution in [0.3, 0.4) is 0 Å². The summed E-state index contributed by atoms with van der Waals surface area (Å²) in [6, 6.07) is 0. The van der Waals surface area contributed by atoms with Crippen molar-refractivity contribution in [2.75, 3.05) is 17.3 Å². The Labute approximate surface area is 151 Å². The van der Waals surface area contributed by atoms with Crippen LogP contribution in [0.25, 0.3) is 0 Å². The van der Waals surface area contributed by atoms with E-state index >= 15 is 0 Å². The Morgan fingerprint density at radius 3 is 1.23 bits per heavy atom. The van der Waals surface area contributed by atoms with Crippen LogP contribution < -0.4 is 0 Å². The number of unbranched alkanes of at least 4 members (excludes halogenated alkanes) is 15. The van der Waals surface area contributed by atoms with Crippen LogP contribution in [0.5, 0.6) is 0 Å². The summed E-state index contributed by atoms with van der Waals surface area (Å²) >= 11 is 6.30. The third-order valence-electron chi connectivity index (χ3n) is 4.38. The highest BCUT2D eigenvalue weighted by Crippen LogP contribution is 2.14. The number of hydrogen-bond acceptors (Lipinski definition) is 2. The molecule has 0 aromatic heterocycles. The Morgan fingerprint density at radius 1 is 0.500 bits per heavy atom. The highest BCUT2D eigenvalue weighted by molar-refractivity contribution is 7.99. The van der Waals surface area contributed by atoms with E-state index in [9.17, 15) is 0 Å². The summed E-state index contributed by atoms with van der Waals surface area (Å²) in [7, 11) is 0. The molecule has 0 aliphatic heterocycles. The molecule has 0 aromatic carbocycles. The average Bonchev–Trinajstić information content (AvgIpc) is 2.54. The molecule has 0 saturated heterocycles. The first kappa shape index (κ1) is 22.7. The molecule has 0 aliphatic carbocycles. The molecule has 0 heterocycles. The van der Waals surface area contributed by atoms with E-state index < -0.39 is 0 Å². The second kappa shape index (κ2) is 21.7. The van der Waals surface area contributed by atoms with Crippen molar-refractivity contribution in [2.45, 2.75) is 110 Å². The lowest BCUT2D eigenvalue weighted by atomic mass is 10.0. The molecule has 0 fully saturated rings. The van der Waals surface area contributed by atoms with Gasteiger partial charge in [-0.1, -0.05) is 103 Å². The van der Waals surface area contributed by atoms with Gasteiger partial charge in [-0.3, -0.25) is 0 Å². The van der Waals surface area contributed by atoms with Crippen LogP contribution in [0, 0.1) is 0 Å². The maximum absolute atomic E-state index is 4.23. The standard InChI is InChI=1S/C20H42S2/c1-2-3-4-5-6-7-8-9-10-11-12-13-14-15-16-17-19-22-20-18-21/h21H,2-20H2,1H3. The predicted octanol–water partition coefficient (Wildman–Crippen LogP) is 7.91. The van der Waals surface area contributed by atoms with E-state index in [4.69, 9.17) is 0 Å². The highest BCUT2D eigenvalue weighted by Gasteiger charge is 1.94. The summed E-state index contributed by atoms with van der Waals surface area (Å²) in [5.41, 5.74) is 0. The summed E-state index contributed by atoms with van der Waals surface area (Å²) in [5.74, 6) is 3.60. The van der Waals surface area contributed by atoms with Crippen molar-refractivity contribution in [1.82, 2.24) is 0 Å². The van der Waals surface area contributed by atoms with Gasteiger partial charge in [0.2, 0.25) is 0 Å². The molecule has 22 heavy (non-hydrogen) atoms. The lowest BCUT2D eigenvalue weighted by Gasteiger charge is -2.03. The summed E-state index contributed by atoms with van der Waals surface area (Å²) < 4.78 is 0. The third kappa shape index (κ3) is 20.7. The highest BCUT2D eigenvalue weighted by atomic mass is 32.2. The molecule has 0 saturated carbocycles. The van der Waals surface area contributed by atoms with E-state index in [-0.39, 0.29) is 0 Å². The van der Waals surface area contributed by atoms with Crippen molar-refractivity contribution in [2.24, 2.45) is 0 Å². The monoisotopic (exact) mass is 346 g/mol. The summed E-state index contributed by atoms with van der Waals surface area (Å²) in [5, 5.41) is 0. The molecule has 134 valence electrons. The second-order valence-corrected chi connectivity index (χ2v) is 8.31. The summed E-state index contributed by atoms with van der Waals surface area (Å²) in [6.45, 7) is 2.30. The fourth-order valence-electron chi connectivity index (χ4n) is 2.92. The fraction of sp³-hybridized carbons (Fsp3) is 1.00. The van der Waals surface area contributed by atoms with E-state index in [0.717, 1.165) is 5.75 Å². The van der Waals surface area contributed by atoms with Gasteiger partial charge in [0.15, 0.2) is 0 Å². The minimum absolute atomic E-state index is 1.03. The smallest absolute Gasteiger partial charge is 0.00210 e. The zero-order valence-electron chi connectivity index (χ0n) is 15.3. The Balaban J connectivity index is 2.91. The first-order valence-electron chi connectivity index (χ1n) is 10.1. The van der Waals surface area contributed by atoms with Gasteiger partial charge < -0.3 is 0 Å². The van der Waals surface area contributed by atoms with Gasteiger partial charge in [0.25, 0.3) is 0 Å². The molecule has 0 aromatic rings. The van der Waals surface area contributed by atoms with Gasteiger partial charge in [0.05, 0.1) is 0 Å². The van der Waals surface area contributed by atoms with Gasteiger partial charge in [-0.05, 0) is 17.9 Å². The first-order chi connectivity index (χ1) is 10.9. The van der Waals surface area contributed by atoms with Crippen LogP contribution >= 0.6 is 24.4 Å². The van der Waals surface area contributed by atoms with Crippen molar-refractivity contribution in [3.8, 4) is 0 Å². The quantitative estimate of drug-likeness (QED) is 0.183. The zero-order chi connectivity index (χ0) is 16.1. The van der Waals surface area contributed by atoms with Crippen LogP contribution in [0.2, 0.25) is 0 Å². The second-order valence-electron chi connectivity index (χ2n) is 6.64. The van der Waals surface area contributed by atoms with Gasteiger partial charge in [-0.25, -0.2) is 0 Å². The van der Waals surface area contributed by atoms with E-state index in [0.29, 0.717) is 0 Å². The Kier molecular flexibility index (Phi) is 22.4. The molecular formula is C20H42S2. The van der Waals surface area contributed by atoms with Crippen LogP contribution in [0.15, 0.2) is 0 Å². The largest absolute Gasteiger partial charge is 0.179 e. The van der Waals surface area contributed by atoms with E-state index in [1.54, 1.807) is 0 Å². The van der Waals surface area contributed by atoms with Crippen LogP contribution in [0.1, 0.15) is 110 Å². The Hall–Kier alpha value is 0.700. The first-order valence-corrected chi connectivity index (χ1v) is 11.9. The molecule has 2 heteroatoms. The normalized spacial score (nSPS) is 11.2. The molecule has 0 unspecified atom stereocenters. The van der Waals surface area contributed by atoms with Crippen molar-refractivity contribution >= 4 is 24.4 Å². The topological polar surface area (TPSA) is 0 Å². The van der Waals surface area contributed by atoms with E-state index in [1.165, 1.54) is 114 Å². The Morgan fingerprint density at radius 2 is 0.864 bits per heavy atom. The lowest BCUT2D eigenvalue weighted by molar-refractivity contribution is 0.532. The van der Waals surface area contributed by atoms with E-state index in [1.807, 2.05) is 0 Å². The molecule has 0 bridgehead atoms. The minimum Gasteiger partial charge on any atom is -0.179 e. The van der Waals surface area contributed by atoms with Gasteiger partial charge in [0.1, 0.15) is 0 Å². The minimum atomic E-state index is 1.03. The van der Waals surface area contributed by atoms with Crippen molar-refractivity contribution in [1.29, 1.82) is 0 Å². The maximum atomic E-state index is 4.23. The fourth-order valence-corrected chi connectivity index (χ4v) is 4.05. The SMILES string of the molecule is CCCCCCCCCCCCCCCCCCSCCS. The van der Waals surface area contributed by atoms with Crippen molar-refractivity contribution in [3.05, 3.63) is 0 Å². The molecule has 0 nitrogen and oxygen atoms in total. The molecule has 0 amide bonds. The van der Waals surface area contributed by atoms with Crippen LogP contribution in [-0.4, -0.2) is 17.3 Å². The molecule has 0 rings (SSSR count). The number of rotatable bonds is 19. The summed E-state index contributed by atoms with van der Waals surface area (Å²) in [6.07, 6.45) is 23.4. The molecular weight excluding hydrogens is 304 g/mol. The molecule has 0 radical (unpaired) electrons. The lowest BCUT2D eigenvalue weighted by Crippen LogP contribution is -1.86. The average molecular weight is 347 g/mol. The van der Waals surface area contributed by atoms with Gasteiger partial charge >= 0.3 is 0 Å². The predicted molar refractivity (Wildman–Crippen MR) is 111 cm³/mol. The molecule has 0 spiro atoms. The summed E-state index contributed by atoms with van der Waals surface area (Å²) in [4.78, 5) is 0. The number of thioether (sulfide) groups is 1. The van der Waals surface area contributed by atoms with Crippen molar-refractivity contribution < 1.29 is 0 Å².